The van der Waals surface area contributed by atoms with Crippen molar-refractivity contribution >= 4 is 11.6 Å². The molecule has 1 amide bonds. The van der Waals surface area contributed by atoms with E-state index in [9.17, 15) is 4.79 Å². The van der Waals surface area contributed by atoms with E-state index < -0.39 is 0 Å². The van der Waals surface area contributed by atoms with Gasteiger partial charge in [-0.25, -0.2) is 0 Å². The summed E-state index contributed by atoms with van der Waals surface area (Å²) in [7, 11) is 0. The number of benzene rings is 2. The first-order chi connectivity index (χ1) is 10.3. The molecule has 3 N–H and O–H groups in total. The van der Waals surface area contributed by atoms with Crippen LogP contribution in [0.15, 0.2) is 54.6 Å². The van der Waals surface area contributed by atoms with Crippen LogP contribution in [0, 0.1) is 0 Å². The van der Waals surface area contributed by atoms with Crippen LogP contribution in [0.2, 0.25) is 0 Å². The maximum atomic E-state index is 12.2. The molecule has 21 heavy (non-hydrogen) atoms. The quantitative estimate of drug-likeness (QED) is 0.903. The molecule has 0 aromatic heterocycles. The molecule has 3 rings (SSSR count). The Balaban J connectivity index is 1.74. The van der Waals surface area contributed by atoms with Crippen LogP contribution in [0.1, 0.15) is 12.8 Å². The Morgan fingerprint density at radius 2 is 1.86 bits per heavy atom. The Kier molecular flexibility index (Phi) is 4.17. The highest BCUT2D eigenvalue weighted by Crippen LogP contribution is 2.29. The van der Waals surface area contributed by atoms with Gasteiger partial charge in [-0.1, -0.05) is 30.3 Å². The van der Waals surface area contributed by atoms with Crippen molar-refractivity contribution in [2.75, 3.05) is 11.9 Å². The Morgan fingerprint density at radius 3 is 2.62 bits per heavy atom. The number of para-hydroxylation sites is 3. The van der Waals surface area contributed by atoms with E-state index in [0.717, 1.165) is 25.1 Å². The zero-order chi connectivity index (χ0) is 14.5. The Labute approximate surface area is 124 Å². The molecule has 1 fully saturated rings. The summed E-state index contributed by atoms with van der Waals surface area (Å²) in [5.74, 6) is 1.47. The number of rotatable bonds is 4. The minimum absolute atomic E-state index is 0.0229. The second kappa shape index (κ2) is 6.41. The third-order valence-electron chi connectivity index (χ3n) is 3.62. The summed E-state index contributed by atoms with van der Waals surface area (Å²) in [6.07, 6.45) is 2.04. The predicted molar refractivity (Wildman–Crippen MR) is 81.4 cm³/mol. The topological polar surface area (TPSA) is 54.9 Å². The van der Waals surface area contributed by atoms with Gasteiger partial charge in [0.1, 0.15) is 5.75 Å². The third-order valence-corrected chi connectivity index (χ3v) is 3.62. The van der Waals surface area contributed by atoms with Crippen molar-refractivity contribution in [1.29, 1.82) is 0 Å². The third kappa shape index (κ3) is 3.41. The summed E-state index contributed by atoms with van der Waals surface area (Å²) >= 11 is 0. The maximum absolute atomic E-state index is 12.2. The largest absolute Gasteiger partial charge is 0.455 e. The van der Waals surface area contributed by atoms with Crippen molar-refractivity contribution in [2.24, 2.45) is 0 Å². The molecule has 4 nitrogen and oxygen atoms in total. The van der Waals surface area contributed by atoms with Gasteiger partial charge >= 0.3 is 0 Å². The van der Waals surface area contributed by atoms with Gasteiger partial charge in [-0.3, -0.25) is 4.79 Å². The molecule has 4 heteroatoms. The molecular formula is C17H19N2O2+. The van der Waals surface area contributed by atoms with Crippen LogP contribution in [0.25, 0.3) is 0 Å². The zero-order valence-corrected chi connectivity index (χ0v) is 11.8. The van der Waals surface area contributed by atoms with Crippen molar-refractivity contribution < 1.29 is 14.8 Å². The zero-order valence-electron chi connectivity index (χ0n) is 11.8. The molecule has 1 aliphatic rings. The van der Waals surface area contributed by atoms with E-state index in [4.69, 9.17) is 4.74 Å². The summed E-state index contributed by atoms with van der Waals surface area (Å²) < 4.78 is 5.85. The number of carbonyl (C=O) groups excluding carboxylic acids is 1. The first-order valence-corrected chi connectivity index (χ1v) is 7.29. The molecule has 2 aromatic carbocycles. The molecule has 1 atom stereocenters. The summed E-state index contributed by atoms with van der Waals surface area (Å²) in [4.78, 5) is 12.2. The summed E-state index contributed by atoms with van der Waals surface area (Å²) in [6, 6.07) is 17.1. The molecule has 1 heterocycles. The molecule has 0 spiro atoms. The first kappa shape index (κ1) is 13.6. The first-order valence-electron chi connectivity index (χ1n) is 7.29. The molecule has 0 bridgehead atoms. The van der Waals surface area contributed by atoms with E-state index in [1.54, 1.807) is 0 Å². The highest BCUT2D eigenvalue weighted by molar-refractivity contribution is 5.95. The van der Waals surface area contributed by atoms with Crippen molar-refractivity contribution in [2.45, 2.75) is 18.9 Å². The number of hydrogen-bond donors (Lipinski definition) is 2. The highest BCUT2D eigenvalue weighted by Gasteiger charge is 2.26. The van der Waals surface area contributed by atoms with Crippen LogP contribution < -0.4 is 15.4 Å². The Bertz CT molecular complexity index is 607. The van der Waals surface area contributed by atoms with Crippen LogP contribution in [0.3, 0.4) is 0 Å². The van der Waals surface area contributed by atoms with E-state index in [1.807, 2.05) is 54.6 Å². The van der Waals surface area contributed by atoms with Crippen LogP contribution in [-0.2, 0) is 4.79 Å². The second-order valence-corrected chi connectivity index (χ2v) is 5.17. The van der Waals surface area contributed by atoms with Crippen molar-refractivity contribution in [3.05, 3.63) is 54.6 Å². The van der Waals surface area contributed by atoms with Crippen LogP contribution >= 0.6 is 0 Å². The normalized spacial score (nSPS) is 17.4. The number of ether oxygens (including phenoxy) is 1. The van der Waals surface area contributed by atoms with E-state index in [-0.39, 0.29) is 11.9 Å². The number of nitrogens with one attached hydrogen (secondary N) is 1. The molecule has 2 aromatic rings. The summed E-state index contributed by atoms with van der Waals surface area (Å²) in [6.45, 7) is 1.03. The van der Waals surface area contributed by atoms with Gasteiger partial charge < -0.3 is 15.4 Å². The van der Waals surface area contributed by atoms with Crippen LogP contribution in [0.5, 0.6) is 11.5 Å². The fraction of sp³-hybridized carbons (Fsp3) is 0.235. The Morgan fingerprint density at radius 1 is 1.10 bits per heavy atom. The maximum Gasteiger partial charge on any atom is 0.282 e. The monoisotopic (exact) mass is 283 g/mol. The number of nitrogens with two attached hydrogens (primary N) is 1. The van der Waals surface area contributed by atoms with E-state index in [0.29, 0.717) is 11.4 Å². The van der Waals surface area contributed by atoms with Gasteiger partial charge in [0.05, 0.1) is 12.2 Å². The van der Waals surface area contributed by atoms with Gasteiger partial charge in [-0.2, -0.15) is 0 Å². The van der Waals surface area contributed by atoms with E-state index >= 15 is 0 Å². The van der Waals surface area contributed by atoms with Crippen molar-refractivity contribution in [3.63, 3.8) is 0 Å². The summed E-state index contributed by atoms with van der Waals surface area (Å²) in [5.41, 5.74) is 0.714. The highest BCUT2D eigenvalue weighted by atomic mass is 16.5. The summed E-state index contributed by atoms with van der Waals surface area (Å²) in [5, 5.41) is 5.07. The van der Waals surface area contributed by atoms with Gasteiger partial charge in [-0.15, -0.1) is 0 Å². The minimum atomic E-state index is 0.0229. The van der Waals surface area contributed by atoms with Gasteiger partial charge in [-0.05, 0) is 24.3 Å². The van der Waals surface area contributed by atoms with Crippen molar-refractivity contribution in [1.82, 2.24) is 0 Å². The fourth-order valence-corrected chi connectivity index (χ4v) is 2.51. The number of anilines is 1. The average molecular weight is 283 g/mol. The number of quaternary nitrogens is 1. The molecule has 0 saturated carbocycles. The lowest BCUT2D eigenvalue weighted by atomic mass is 10.2. The standard InChI is InChI=1S/C17H18N2O2/c20-17(15-10-6-12-18-15)19-14-9-4-5-11-16(14)21-13-7-2-1-3-8-13/h1-5,7-9,11,15,18H,6,10,12H2,(H,19,20)/p+1/t15-/m0/s1. The average Bonchev–Trinajstić information content (AvgIpc) is 3.05. The predicted octanol–water partition coefficient (Wildman–Crippen LogP) is 2.14. The van der Waals surface area contributed by atoms with E-state index in [2.05, 4.69) is 10.6 Å². The molecule has 108 valence electrons. The lowest BCUT2D eigenvalue weighted by Crippen LogP contribution is -2.88. The SMILES string of the molecule is O=C(Nc1ccccc1Oc1ccccc1)[C@@H]1CCC[NH2+]1. The minimum Gasteiger partial charge on any atom is -0.455 e. The molecule has 0 unspecified atom stereocenters. The van der Waals surface area contributed by atoms with Gasteiger partial charge in [0.2, 0.25) is 0 Å². The second-order valence-electron chi connectivity index (χ2n) is 5.17. The van der Waals surface area contributed by atoms with Gasteiger partial charge in [0.25, 0.3) is 5.91 Å². The van der Waals surface area contributed by atoms with Crippen LogP contribution in [0.4, 0.5) is 5.69 Å². The van der Waals surface area contributed by atoms with E-state index in [1.165, 1.54) is 0 Å². The van der Waals surface area contributed by atoms with Crippen molar-refractivity contribution in [3.8, 4) is 11.5 Å². The molecule has 1 aliphatic heterocycles. The molecular weight excluding hydrogens is 264 g/mol. The lowest BCUT2D eigenvalue weighted by Gasteiger charge is -2.13. The van der Waals surface area contributed by atoms with Gasteiger partial charge in [0, 0.05) is 12.8 Å². The number of carbonyl (C=O) groups is 1. The van der Waals surface area contributed by atoms with Crippen LogP contribution in [-0.4, -0.2) is 18.5 Å². The number of amides is 1. The van der Waals surface area contributed by atoms with Gasteiger partial charge in [0.15, 0.2) is 11.8 Å². The lowest BCUT2D eigenvalue weighted by molar-refractivity contribution is -0.656. The smallest absolute Gasteiger partial charge is 0.282 e. The molecule has 0 radical (unpaired) electrons. The number of hydrogen-bond acceptors (Lipinski definition) is 2. The Hall–Kier alpha value is -2.33. The fourth-order valence-electron chi connectivity index (χ4n) is 2.51. The molecule has 1 saturated heterocycles. The molecule has 0 aliphatic carbocycles.